The number of rotatable bonds is 6. The summed E-state index contributed by atoms with van der Waals surface area (Å²) in [4.78, 5) is 47.1. The highest BCUT2D eigenvalue weighted by Crippen LogP contribution is 2.41. The SMILES string of the molecule is C=CC(=O)N1CCN(c2nc(=O)n(-c3c(C4CCC4)ccnc3S(C)(=O)=O)c3nc(-c4ccncc4N)c(F)cc23)[C@@H](C)C1. The zero-order chi connectivity index (χ0) is 31.3. The Kier molecular flexibility index (Phi) is 7.40. The normalized spacial score (nSPS) is 17.5. The first-order chi connectivity index (χ1) is 21.0. The van der Waals surface area contributed by atoms with Gasteiger partial charge < -0.3 is 15.5 Å². The number of halogens is 1. The van der Waals surface area contributed by atoms with Crippen molar-refractivity contribution in [2.75, 3.05) is 36.5 Å². The maximum absolute atomic E-state index is 16.0. The monoisotopic (exact) mass is 618 g/mol. The van der Waals surface area contributed by atoms with Crippen LogP contribution in [0.1, 0.15) is 37.7 Å². The summed E-state index contributed by atoms with van der Waals surface area (Å²) in [7, 11) is -3.93. The third-order valence-electron chi connectivity index (χ3n) is 8.34. The van der Waals surface area contributed by atoms with Crippen molar-refractivity contribution in [3.05, 3.63) is 71.3 Å². The fourth-order valence-corrected chi connectivity index (χ4v) is 6.75. The number of fused-ring (bicyclic) bond motifs is 1. The Balaban J connectivity index is 1.67. The summed E-state index contributed by atoms with van der Waals surface area (Å²) < 4.78 is 43.2. The molecule has 6 rings (SSSR count). The lowest BCUT2D eigenvalue weighted by atomic mass is 9.79. The highest BCUT2D eigenvalue weighted by atomic mass is 32.2. The minimum atomic E-state index is -3.93. The number of nitrogens with zero attached hydrogens (tertiary/aromatic N) is 7. The quantitative estimate of drug-likeness (QED) is 0.319. The number of carbonyl (C=O) groups excluding carboxylic acids is 1. The van der Waals surface area contributed by atoms with Crippen LogP contribution in [0.4, 0.5) is 15.9 Å². The Morgan fingerprint density at radius 3 is 2.59 bits per heavy atom. The van der Waals surface area contributed by atoms with Gasteiger partial charge in [-0.15, -0.1) is 0 Å². The molecule has 228 valence electrons. The Morgan fingerprint density at radius 2 is 1.95 bits per heavy atom. The summed E-state index contributed by atoms with van der Waals surface area (Å²) in [5, 5.41) is -0.0995. The van der Waals surface area contributed by atoms with E-state index in [1.54, 1.807) is 11.0 Å². The zero-order valence-corrected chi connectivity index (χ0v) is 25.1. The van der Waals surface area contributed by atoms with Gasteiger partial charge in [-0.1, -0.05) is 13.0 Å². The van der Waals surface area contributed by atoms with Gasteiger partial charge in [0.1, 0.15) is 17.3 Å². The summed E-state index contributed by atoms with van der Waals surface area (Å²) in [5.41, 5.74) is 6.35. The lowest BCUT2D eigenvalue weighted by molar-refractivity contribution is -0.126. The van der Waals surface area contributed by atoms with Crippen molar-refractivity contribution in [1.29, 1.82) is 0 Å². The van der Waals surface area contributed by atoms with E-state index in [-0.39, 0.29) is 62.4 Å². The minimum absolute atomic E-state index is 0.00128. The van der Waals surface area contributed by atoms with E-state index in [2.05, 4.69) is 26.5 Å². The number of nitrogen functional groups attached to an aromatic ring is 1. The average Bonchev–Trinajstić information content (AvgIpc) is 2.95. The van der Waals surface area contributed by atoms with Gasteiger partial charge >= 0.3 is 5.69 Å². The fraction of sp³-hybridized carbons (Fsp3) is 0.333. The van der Waals surface area contributed by atoms with Crippen LogP contribution in [0.3, 0.4) is 0 Å². The van der Waals surface area contributed by atoms with E-state index >= 15 is 4.39 Å². The van der Waals surface area contributed by atoms with Crippen LogP contribution in [0.15, 0.2) is 59.3 Å². The number of amides is 1. The molecule has 0 unspecified atom stereocenters. The molecule has 2 aliphatic rings. The number of pyridine rings is 3. The van der Waals surface area contributed by atoms with Crippen molar-refractivity contribution >= 4 is 38.3 Å². The Hall–Kier alpha value is -4.72. The van der Waals surface area contributed by atoms with Crippen LogP contribution in [0.2, 0.25) is 0 Å². The van der Waals surface area contributed by atoms with Crippen LogP contribution in [-0.4, -0.2) is 75.7 Å². The number of nitrogens with two attached hydrogens (primary N) is 1. The van der Waals surface area contributed by atoms with Gasteiger partial charge in [-0.05, 0) is 55.5 Å². The second-order valence-corrected chi connectivity index (χ2v) is 13.1. The van der Waals surface area contributed by atoms with E-state index in [0.717, 1.165) is 30.1 Å². The Morgan fingerprint density at radius 1 is 1.18 bits per heavy atom. The number of aromatic nitrogens is 5. The first-order valence-electron chi connectivity index (χ1n) is 14.2. The van der Waals surface area contributed by atoms with Gasteiger partial charge in [-0.25, -0.2) is 32.1 Å². The molecule has 12 nitrogen and oxygen atoms in total. The third-order valence-corrected chi connectivity index (χ3v) is 9.34. The van der Waals surface area contributed by atoms with Crippen LogP contribution in [0, 0.1) is 5.82 Å². The predicted molar refractivity (Wildman–Crippen MR) is 164 cm³/mol. The molecular weight excluding hydrogens is 587 g/mol. The van der Waals surface area contributed by atoms with Gasteiger partial charge in [0.05, 0.1) is 23.0 Å². The average molecular weight is 619 g/mol. The van der Waals surface area contributed by atoms with Crippen LogP contribution in [0.5, 0.6) is 0 Å². The largest absolute Gasteiger partial charge is 0.397 e. The molecule has 2 fully saturated rings. The molecule has 1 amide bonds. The van der Waals surface area contributed by atoms with Crippen molar-refractivity contribution in [2.24, 2.45) is 0 Å². The maximum Gasteiger partial charge on any atom is 0.355 e. The number of hydrogen-bond acceptors (Lipinski definition) is 10. The van der Waals surface area contributed by atoms with E-state index in [1.807, 2.05) is 11.8 Å². The van der Waals surface area contributed by atoms with Crippen molar-refractivity contribution in [2.45, 2.75) is 43.2 Å². The third kappa shape index (κ3) is 4.98. The van der Waals surface area contributed by atoms with Gasteiger partial charge in [0.2, 0.25) is 5.91 Å². The number of hydrogen-bond donors (Lipinski definition) is 1. The van der Waals surface area contributed by atoms with Gasteiger partial charge in [-0.3, -0.25) is 9.78 Å². The molecule has 1 atom stereocenters. The zero-order valence-electron chi connectivity index (χ0n) is 24.3. The van der Waals surface area contributed by atoms with Gasteiger partial charge in [0.15, 0.2) is 20.5 Å². The standard InChI is InChI=1S/C30H31FN8O4S/c1-4-24(40)37-12-13-38(17(2)16-37)27-21-14-22(31)25(20-8-10-33-15-23(20)32)35-28(21)39(30(41)36-27)26-19(18-6-5-7-18)9-11-34-29(26)44(3,42)43/h4,8-11,14-15,17-18H,1,5-7,12-13,16,32H2,2-3H3/t17-/m0/s1. The molecule has 14 heteroatoms. The summed E-state index contributed by atoms with van der Waals surface area (Å²) in [6, 6.07) is 4.17. The Labute approximate surface area is 253 Å². The van der Waals surface area contributed by atoms with Gasteiger partial charge in [-0.2, -0.15) is 4.98 Å². The Bertz CT molecular complexity index is 1990. The first-order valence-corrected chi connectivity index (χ1v) is 16.1. The molecule has 0 spiro atoms. The molecule has 1 aliphatic carbocycles. The molecule has 0 radical (unpaired) electrons. The molecule has 0 bridgehead atoms. The molecule has 0 aromatic carbocycles. The van der Waals surface area contributed by atoms with E-state index in [1.165, 1.54) is 36.8 Å². The molecule has 2 N–H and O–H groups in total. The summed E-state index contributed by atoms with van der Waals surface area (Å²) in [6.45, 7) is 6.39. The van der Waals surface area contributed by atoms with Crippen LogP contribution in [0.25, 0.3) is 28.0 Å². The molecule has 5 heterocycles. The molecule has 1 aliphatic heterocycles. The number of sulfone groups is 1. The summed E-state index contributed by atoms with van der Waals surface area (Å²) >= 11 is 0. The number of anilines is 2. The summed E-state index contributed by atoms with van der Waals surface area (Å²) in [6.07, 6.45) is 9.09. The van der Waals surface area contributed by atoms with Crippen LogP contribution < -0.4 is 16.3 Å². The van der Waals surface area contributed by atoms with Crippen molar-refractivity contribution < 1.29 is 17.6 Å². The van der Waals surface area contributed by atoms with Crippen molar-refractivity contribution in [3.63, 3.8) is 0 Å². The smallest absolute Gasteiger partial charge is 0.355 e. The van der Waals surface area contributed by atoms with Crippen molar-refractivity contribution in [1.82, 2.24) is 29.4 Å². The van der Waals surface area contributed by atoms with Gasteiger partial charge in [0, 0.05) is 49.9 Å². The van der Waals surface area contributed by atoms with Crippen molar-refractivity contribution in [3.8, 4) is 16.9 Å². The van der Waals surface area contributed by atoms with Crippen LogP contribution >= 0.6 is 0 Å². The molecule has 1 saturated carbocycles. The van der Waals surface area contributed by atoms with E-state index in [9.17, 15) is 18.0 Å². The second-order valence-electron chi connectivity index (χ2n) is 11.2. The highest BCUT2D eigenvalue weighted by molar-refractivity contribution is 7.90. The summed E-state index contributed by atoms with van der Waals surface area (Å²) in [5.74, 6) is -0.757. The van der Waals surface area contributed by atoms with E-state index in [0.29, 0.717) is 25.2 Å². The first kappa shape index (κ1) is 29.4. The van der Waals surface area contributed by atoms with E-state index in [4.69, 9.17) is 5.73 Å². The second kappa shape index (κ2) is 11.1. The lowest BCUT2D eigenvalue weighted by Gasteiger charge is -2.40. The fourth-order valence-electron chi connectivity index (χ4n) is 5.93. The molecule has 4 aromatic rings. The molecule has 1 saturated heterocycles. The van der Waals surface area contributed by atoms with Gasteiger partial charge in [0.25, 0.3) is 0 Å². The molecule has 4 aromatic heterocycles. The van der Waals surface area contributed by atoms with Crippen LogP contribution in [-0.2, 0) is 14.6 Å². The highest BCUT2D eigenvalue weighted by Gasteiger charge is 2.33. The minimum Gasteiger partial charge on any atom is -0.397 e. The number of piperazine rings is 1. The maximum atomic E-state index is 16.0. The topological polar surface area (TPSA) is 157 Å². The molecular formula is C30H31FN8O4S. The number of carbonyl (C=O) groups is 1. The molecule has 44 heavy (non-hydrogen) atoms. The lowest BCUT2D eigenvalue weighted by Crippen LogP contribution is -2.54. The predicted octanol–water partition coefficient (Wildman–Crippen LogP) is 2.85. The van der Waals surface area contributed by atoms with E-state index < -0.39 is 21.3 Å².